The summed E-state index contributed by atoms with van der Waals surface area (Å²) in [5, 5.41) is 0. The van der Waals surface area contributed by atoms with Crippen molar-refractivity contribution in [2.75, 3.05) is 26.2 Å². The SMILES string of the molecule is CCC(CN=C(N)N1CCCCC1)N1CCc2ccccc2C1. The van der Waals surface area contributed by atoms with E-state index in [0.717, 1.165) is 51.5 Å². The fourth-order valence-corrected chi connectivity index (χ4v) is 3.75. The zero-order valence-electron chi connectivity index (χ0n) is 14.4. The van der Waals surface area contributed by atoms with Gasteiger partial charge in [0.15, 0.2) is 5.96 Å². The summed E-state index contributed by atoms with van der Waals surface area (Å²) in [6, 6.07) is 9.32. The predicted molar refractivity (Wildman–Crippen MR) is 96.5 cm³/mol. The summed E-state index contributed by atoms with van der Waals surface area (Å²) in [5.74, 6) is 0.751. The second-order valence-electron chi connectivity index (χ2n) is 6.80. The van der Waals surface area contributed by atoms with Crippen molar-refractivity contribution in [2.45, 2.75) is 51.6 Å². The number of piperidine rings is 1. The van der Waals surface area contributed by atoms with Gasteiger partial charge in [-0.05, 0) is 43.2 Å². The molecule has 2 aliphatic rings. The van der Waals surface area contributed by atoms with E-state index >= 15 is 0 Å². The van der Waals surface area contributed by atoms with Gasteiger partial charge in [-0.25, -0.2) is 0 Å². The van der Waals surface area contributed by atoms with Gasteiger partial charge in [0.2, 0.25) is 0 Å². The highest BCUT2D eigenvalue weighted by Gasteiger charge is 2.22. The van der Waals surface area contributed by atoms with Crippen LogP contribution in [0.1, 0.15) is 43.7 Å². The summed E-state index contributed by atoms with van der Waals surface area (Å²) in [4.78, 5) is 9.56. The van der Waals surface area contributed by atoms with Gasteiger partial charge in [-0.1, -0.05) is 31.2 Å². The Kier molecular flexibility index (Phi) is 5.55. The molecule has 1 unspecified atom stereocenters. The molecule has 2 heterocycles. The van der Waals surface area contributed by atoms with Gasteiger partial charge in [-0.15, -0.1) is 0 Å². The smallest absolute Gasteiger partial charge is 0.191 e. The number of likely N-dealkylation sites (tertiary alicyclic amines) is 1. The molecule has 0 bridgehead atoms. The number of hydrogen-bond acceptors (Lipinski definition) is 2. The zero-order valence-corrected chi connectivity index (χ0v) is 14.4. The molecule has 23 heavy (non-hydrogen) atoms. The van der Waals surface area contributed by atoms with E-state index in [4.69, 9.17) is 10.7 Å². The molecular formula is C19H30N4. The quantitative estimate of drug-likeness (QED) is 0.686. The van der Waals surface area contributed by atoms with Crippen LogP contribution in [0.15, 0.2) is 29.3 Å². The summed E-state index contributed by atoms with van der Waals surface area (Å²) in [6.45, 7) is 7.41. The van der Waals surface area contributed by atoms with Crippen molar-refractivity contribution in [1.29, 1.82) is 0 Å². The second kappa shape index (κ2) is 7.82. The molecule has 2 N–H and O–H groups in total. The lowest BCUT2D eigenvalue weighted by Gasteiger charge is -2.35. The first-order chi connectivity index (χ1) is 11.3. The summed E-state index contributed by atoms with van der Waals surface area (Å²) >= 11 is 0. The first-order valence-electron chi connectivity index (χ1n) is 9.13. The third kappa shape index (κ3) is 4.05. The fourth-order valence-electron chi connectivity index (χ4n) is 3.75. The van der Waals surface area contributed by atoms with E-state index in [1.807, 2.05) is 0 Å². The van der Waals surface area contributed by atoms with Crippen LogP contribution in [-0.2, 0) is 13.0 Å². The number of nitrogens with zero attached hydrogens (tertiary/aromatic N) is 3. The molecule has 0 saturated carbocycles. The van der Waals surface area contributed by atoms with E-state index in [-0.39, 0.29) is 0 Å². The van der Waals surface area contributed by atoms with Crippen molar-refractivity contribution in [3.8, 4) is 0 Å². The third-order valence-corrected chi connectivity index (χ3v) is 5.29. The van der Waals surface area contributed by atoms with Gasteiger partial charge < -0.3 is 10.6 Å². The molecule has 4 nitrogen and oxygen atoms in total. The van der Waals surface area contributed by atoms with Crippen LogP contribution in [0.25, 0.3) is 0 Å². The molecule has 1 aromatic carbocycles. The molecule has 0 spiro atoms. The van der Waals surface area contributed by atoms with Crippen LogP contribution >= 0.6 is 0 Å². The molecule has 0 aromatic heterocycles. The van der Waals surface area contributed by atoms with Gasteiger partial charge >= 0.3 is 0 Å². The Hall–Kier alpha value is -1.55. The molecule has 1 aromatic rings. The minimum absolute atomic E-state index is 0.492. The monoisotopic (exact) mass is 314 g/mol. The Morgan fingerprint density at radius 3 is 2.61 bits per heavy atom. The molecule has 0 radical (unpaired) electrons. The Labute approximate surface area is 140 Å². The predicted octanol–water partition coefficient (Wildman–Crippen LogP) is 2.62. The minimum atomic E-state index is 0.492. The van der Waals surface area contributed by atoms with E-state index in [9.17, 15) is 0 Å². The zero-order chi connectivity index (χ0) is 16.1. The number of guanidine groups is 1. The Bertz CT molecular complexity index is 534. The van der Waals surface area contributed by atoms with Crippen molar-refractivity contribution < 1.29 is 0 Å². The molecule has 1 atom stereocenters. The van der Waals surface area contributed by atoms with Gasteiger partial charge in [-0.2, -0.15) is 0 Å². The number of rotatable bonds is 4. The van der Waals surface area contributed by atoms with Crippen molar-refractivity contribution in [3.05, 3.63) is 35.4 Å². The topological polar surface area (TPSA) is 44.9 Å². The number of fused-ring (bicyclic) bond motifs is 1. The highest BCUT2D eigenvalue weighted by atomic mass is 15.3. The first kappa shape index (κ1) is 16.3. The lowest BCUT2D eigenvalue weighted by atomic mass is 9.98. The average Bonchev–Trinajstić information content (AvgIpc) is 2.62. The number of benzene rings is 1. The van der Waals surface area contributed by atoms with Gasteiger partial charge in [-0.3, -0.25) is 9.89 Å². The molecular weight excluding hydrogens is 284 g/mol. The first-order valence-corrected chi connectivity index (χ1v) is 9.13. The lowest BCUT2D eigenvalue weighted by Crippen LogP contribution is -2.43. The number of nitrogens with two attached hydrogens (primary N) is 1. The van der Waals surface area contributed by atoms with Crippen LogP contribution in [0.2, 0.25) is 0 Å². The Balaban J connectivity index is 1.59. The van der Waals surface area contributed by atoms with Crippen molar-refractivity contribution in [2.24, 2.45) is 10.7 Å². The second-order valence-corrected chi connectivity index (χ2v) is 6.80. The summed E-state index contributed by atoms with van der Waals surface area (Å²) in [7, 11) is 0. The molecule has 3 rings (SSSR count). The van der Waals surface area contributed by atoms with E-state index in [2.05, 4.69) is 41.0 Å². The highest BCUT2D eigenvalue weighted by Crippen LogP contribution is 2.21. The Morgan fingerprint density at radius 1 is 1.13 bits per heavy atom. The van der Waals surface area contributed by atoms with Crippen molar-refractivity contribution in [3.63, 3.8) is 0 Å². The summed E-state index contributed by atoms with van der Waals surface area (Å²) in [6.07, 6.45) is 6.10. The maximum atomic E-state index is 6.21. The third-order valence-electron chi connectivity index (χ3n) is 5.29. The maximum absolute atomic E-state index is 6.21. The van der Waals surface area contributed by atoms with Crippen molar-refractivity contribution >= 4 is 5.96 Å². The molecule has 0 aliphatic carbocycles. The number of aliphatic imine (C=N–C) groups is 1. The lowest BCUT2D eigenvalue weighted by molar-refractivity contribution is 0.178. The van der Waals surface area contributed by atoms with Crippen LogP contribution in [0.5, 0.6) is 0 Å². The normalized spacial score (nSPS) is 21.1. The van der Waals surface area contributed by atoms with E-state index in [0.29, 0.717) is 6.04 Å². The molecule has 1 fully saturated rings. The molecule has 0 amide bonds. The summed E-state index contributed by atoms with van der Waals surface area (Å²) < 4.78 is 0. The van der Waals surface area contributed by atoms with E-state index in [1.165, 1.54) is 30.4 Å². The molecule has 126 valence electrons. The van der Waals surface area contributed by atoms with Crippen LogP contribution in [0.3, 0.4) is 0 Å². The number of hydrogen-bond donors (Lipinski definition) is 1. The Morgan fingerprint density at radius 2 is 1.87 bits per heavy atom. The van der Waals surface area contributed by atoms with Crippen LogP contribution in [0.4, 0.5) is 0 Å². The molecule has 4 heteroatoms. The molecule has 1 saturated heterocycles. The largest absolute Gasteiger partial charge is 0.370 e. The maximum Gasteiger partial charge on any atom is 0.191 e. The van der Waals surface area contributed by atoms with E-state index in [1.54, 1.807) is 0 Å². The van der Waals surface area contributed by atoms with E-state index < -0.39 is 0 Å². The van der Waals surface area contributed by atoms with Gasteiger partial charge in [0.25, 0.3) is 0 Å². The van der Waals surface area contributed by atoms with Gasteiger partial charge in [0.05, 0.1) is 6.54 Å². The van der Waals surface area contributed by atoms with Crippen LogP contribution in [0, 0.1) is 0 Å². The van der Waals surface area contributed by atoms with Crippen LogP contribution in [-0.4, -0.2) is 48.0 Å². The summed E-state index contributed by atoms with van der Waals surface area (Å²) in [5.41, 5.74) is 9.20. The molecule has 2 aliphatic heterocycles. The highest BCUT2D eigenvalue weighted by molar-refractivity contribution is 5.78. The minimum Gasteiger partial charge on any atom is -0.370 e. The van der Waals surface area contributed by atoms with Gasteiger partial charge in [0, 0.05) is 32.2 Å². The standard InChI is InChI=1S/C19H30N4/c1-2-18(14-21-19(20)22-11-6-3-7-12-22)23-13-10-16-8-4-5-9-17(16)15-23/h4-5,8-9,18H,2-3,6-7,10-15H2,1H3,(H2,20,21). The van der Waals surface area contributed by atoms with Gasteiger partial charge in [0.1, 0.15) is 0 Å². The van der Waals surface area contributed by atoms with Crippen LogP contribution < -0.4 is 5.73 Å². The van der Waals surface area contributed by atoms with Crippen molar-refractivity contribution in [1.82, 2.24) is 9.80 Å². The fraction of sp³-hybridized carbons (Fsp3) is 0.632. The average molecular weight is 314 g/mol.